The number of halogens is 1. The number of hydrogen-bond acceptors (Lipinski definition) is 4. The maximum atomic E-state index is 13.2. The first-order valence-corrected chi connectivity index (χ1v) is 11.3. The first-order chi connectivity index (χ1) is 14.9. The van der Waals surface area contributed by atoms with Gasteiger partial charge < -0.3 is 15.1 Å². The fourth-order valence-corrected chi connectivity index (χ4v) is 4.69. The number of para-hydroxylation sites is 1. The minimum absolute atomic E-state index is 0.0473. The van der Waals surface area contributed by atoms with Crippen molar-refractivity contribution in [3.8, 4) is 0 Å². The van der Waals surface area contributed by atoms with Crippen molar-refractivity contribution in [3.63, 3.8) is 0 Å². The number of aryl methyl sites for hydroxylation is 1. The third kappa shape index (κ3) is 4.79. The molecule has 3 amide bonds. The zero-order valence-corrected chi connectivity index (χ0v) is 19.0. The second-order valence-corrected chi connectivity index (χ2v) is 9.04. The highest BCUT2D eigenvalue weighted by Gasteiger charge is 2.39. The van der Waals surface area contributed by atoms with Crippen LogP contribution in [0.3, 0.4) is 0 Å². The fourth-order valence-electron chi connectivity index (χ4n) is 4.20. The fraction of sp³-hybridized carbons (Fsp3) is 0.391. The highest BCUT2D eigenvalue weighted by atomic mass is 79.9. The van der Waals surface area contributed by atoms with Gasteiger partial charge in [-0.3, -0.25) is 14.4 Å². The Morgan fingerprint density at radius 3 is 2.68 bits per heavy atom. The standard InChI is InChI=1S/C23H25BrN4O3/c1-15-8-9-20(25-12-15)26-22(30)16-5-4-10-27(13-16)23(31)17-11-21(29)28(14-17)19-7-3-2-6-18(19)24/h2-3,6-9,12,16-17H,4-5,10-11,13-14H2,1H3,(H,25,26,30). The Hall–Kier alpha value is -2.74. The first kappa shape index (κ1) is 21.5. The van der Waals surface area contributed by atoms with Gasteiger partial charge in [-0.2, -0.15) is 0 Å². The number of rotatable bonds is 4. The summed E-state index contributed by atoms with van der Waals surface area (Å²) in [6.07, 6.45) is 3.40. The molecular weight excluding hydrogens is 460 g/mol. The van der Waals surface area contributed by atoms with Crippen molar-refractivity contribution in [2.75, 3.05) is 29.9 Å². The Labute approximate surface area is 189 Å². The van der Waals surface area contributed by atoms with E-state index >= 15 is 0 Å². The van der Waals surface area contributed by atoms with Crippen molar-refractivity contribution in [2.24, 2.45) is 11.8 Å². The molecule has 3 heterocycles. The Morgan fingerprint density at radius 1 is 1.13 bits per heavy atom. The largest absolute Gasteiger partial charge is 0.342 e. The molecule has 2 unspecified atom stereocenters. The molecule has 7 nitrogen and oxygen atoms in total. The van der Waals surface area contributed by atoms with Crippen LogP contribution in [0, 0.1) is 18.8 Å². The number of nitrogens with one attached hydrogen (secondary N) is 1. The van der Waals surface area contributed by atoms with Crippen LogP contribution >= 0.6 is 15.9 Å². The molecular formula is C23H25BrN4O3. The molecule has 1 N–H and O–H groups in total. The van der Waals surface area contributed by atoms with Gasteiger partial charge in [-0.1, -0.05) is 18.2 Å². The molecule has 1 aromatic heterocycles. The Kier molecular flexibility index (Phi) is 6.36. The van der Waals surface area contributed by atoms with E-state index in [-0.39, 0.29) is 36.0 Å². The molecule has 0 aliphatic carbocycles. The minimum Gasteiger partial charge on any atom is -0.342 e. The predicted octanol–water partition coefficient (Wildman–Crippen LogP) is 3.38. The maximum absolute atomic E-state index is 13.2. The Morgan fingerprint density at radius 2 is 1.94 bits per heavy atom. The Balaban J connectivity index is 1.38. The van der Waals surface area contributed by atoms with E-state index in [9.17, 15) is 14.4 Å². The van der Waals surface area contributed by atoms with Crippen LogP contribution in [0.15, 0.2) is 47.1 Å². The second kappa shape index (κ2) is 9.18. The number of piperidine rings is 1. The molecule has 2 saturated heterocycles. The summed E-state index contributed by atoms with van der Waals surface area (Å²) in [6.45, 7) is 3.29. The molecule has 8 heteroatoms. The molecule has 4 rings (SSSR count). The van der Waals surface area contributed by atoms with E-state index in [0.717, 1.165) is 28.6 Å². The minimum atomic E-state index is -0.389. The summed E-state index contributed by atoms with van der Waals surface area (Å²) in [5, 5.41) is 2.85. The van der Waals surface area contributed by atoms with Gasteiger partial charge in [0.2, 0.25) is 17.7 Å². The van der Waals surface area contributed by atoms with Crippen LogP contribution in [0.5, 0.6) is 0 Å². The van der Waals surface area contributed by atoms with Crippen LogP contribution in [0.1, 0.15) is 24.8 Å². The molecule has 1 aromatic carbocycles. The number of benzene rings is 1. The molecule has 2 aliphatic heterocycles. The van der Waals surface area contributed by atoms with E-state index in [4.69, 9.17) is 0 Å². The summed E-state index contributed by atoms with van der Waals surface area (Å²) in [6, 6.07) is 11.2. The van der Waals surface area contributed by atoms with Crippen molar-refractivity contribution in [1.82, 2.24) is 9.88 Å². The quantitative estimate of drug-likeness (QED) is 0.720. The van der Waals surface area contributed by atoms with Crippen molar-refractivity contribution in [1.29, 1.82) is 0 Å². The van der Waals surface area contributed by atoms with Crippen molar-refractivity contribution in [3.05, 3.63) is 52.6 Å². The van der Waals surface area contributed by atoms with Gasteiger partial charge in [0.25, 0.3) is 0 Å². The molecule has 2 fully saturated rings. The van der Waals surface area contributed by atoms with E-state index in [0.29, 0.717) is 25.5 Å². The lowest BCUT2D eigenvalue weighted by Crippen LogP contribution is -2.46. The summed E-state index contributed by atoms with van der Waals surface area (Å²) >= 11 is 3.48. The third-order valence-corrected chi connectivity index (χ3v) is 6.55. The molecule has 162 valence electrons. The summed E-state index contributed by atoms with van der Waals surface area (Å²) < 4.78 is 0.830. The van der Waals surface area contributed by atoms with Crippen LogP contribution in [-0.4, -0.2) is 47.2 Å². The number of amides is 3. The summed E-state index contributed by atoms with van der Waals surface area (Å²) in [7, 11) is 0. The Bertz CT molecular complexity index is 995. The SMILES string of the molecule is Cc1ccc(NC(=O)C2CCCN(C(=O)C3CC(=O)N(c4ccccc4Br)C3)C2)nc1. The van der Waals surface area contributed by atoms with E-state index in [1.165, 1.54) is 0 Å². The van der Waals surface area contributed by atoms with Gasteiger partial charge in [0, 0.05) is 36.7 Å². The lowest BCUT2D eigenvalue weighted by Gasteiger charge is -2.33. The number of hydrogen-bond donors (Lipinski definition) is 1. The monoisotopic (exact) mass is 484 g/mol. The molecule has 0 radical (unpaired) electrons. The molecule has 2 aliphatic rings. The van der Waals surface area contributed by atoms with Crippen LogP contribution in [0.2, 0.25) is 0 Å². The number of likely N-dealkylation sites (tertiary alicyclic amines) is 1. The van der Waals surface area contributed by atoms with Crippen molar-refractivity contribution in [2.45, 2.75) is 26.2 Å². The molecule has 2 atom stereocenters. The van der Waals surface area contributed by atoms with Crippen LogP contribution < -0.4 is 10.2 Å². The van der Waals surface area contributed by atoms with Crippen LogP contribution in [-0.2, 0) is 14.4 Å². The highest BCUT2D eigenvalue weighted by molar-refractivity contribution is 9.10. The van der Waals surface area contributed by atoms with Crippen molar-refractivity contribution < 1.29 is 14.4 Å². The van der Waals surface area contributed by atoms with Gasteiger partial charge in [-0.15, -0.1) is 0 Å². The zero-order valence-electron chi connectivity index (χ0n) is 17.4. The van der Waals surface area contributed by atoms with Crippen molar-refractivity contribution >= 4 is 45.2 Å². The molecule has 0 bridgehead atoms. The number of carbonyl (C=O) groups is 3. The summed E-state index contributed by atoms with van der Waals surface area (Å²) in [5.41, 5.74) is 1.81. The molecule has 0 saturated carbocycles. The number of aromatic nitrogens is 1. The summed E-state index contributed by atoms with van der Waals surface area (Å²) in [4.78, 5) is 46.1. The summed E-state index contributed by atoms with van der Waals surface area (Å²) in [5.74, 6) is -0.371. The van der Waals surface area contributed by atoms with Gasteiger partial charge in [0.05, 0.1) is 17.5 Å². The number of pyridine rings is 1. The topological polar surface area (TPSA) is 82.6 Å². The number of anilines is 2. The highest BCUT2D eigenvalue weighted by Crippen LogP contribution is 2.32. The maximum Gasteiger partial charge on any atom is 0.230 e. The van der Waals surface area contributed by atoms with E-state index in [1.807, 2.05) is 37.3 Å². The smallest absolute Gasteiger partial charge is 0.230 e. The average Bonchev–Trinajstić information content (AvgIpc) is 3.16. The van der Waals surface area contributed by atoms with E-state index in [2.05, 4.69) is 26.2 Å². The van der Waals surface area contributed by atoms with E-state index in [1.54, 1.807) is 22.1 Å². The van der Waals surface area contributed by atoms with Gasteiger partial charge in [0.15, 0.2) is 0 Å². The zero-order chi connectivity index (χ0) is 22.0. The third-order valence-electron chi connectivity index (χ3n) is 5.88. The van der Waals surface area contributed by atoms with Gasteiger partial charge >= 0.3 is 0 Å². The molecule has 2 aromatic rings. The second-order valence-electron chi connectivity index (χ2n) is 8.19. The van der Waals surface area contributed by atoms with Crippen LogP contribution in [0.25, 0.3) is 0 Å². The number of nitrogens with zero attached hydrogens (tertiary/aromatic N) is 3. The van der Waals surface area contributed by atoms with Gasteiger partial charge in [-0.05, 0) is 59.5 Å². The van der Waals surface area contributed by atoms with Gasteiger partial charge in [-0.25, -0.2) is 4.98 Å². The number of carbonyl (C=O) groups excluding carboxylic acids is 3. The molecule has 31 heavy (non-hydrogen) atoms. The van der Waals surface area contributed by atoms with Crippen LogP contribution in [0.4, 0.5) is 11.5 Å². The predicted molar refractivity (Wildman–Crippen MR) is 122 cm³/mol. The normalized spacial score (nSPS) is 21.3. The average molecular weight is 485 g/mol. The lowest BCUT2D eigenvalue weighted by molar-refractivity contribution is -0.138. The lowest BCUT2D eigenvalue weighted by atomic mass is 9.95. The molecule has 0 spiro atoms. The van der Waals surface area contributed by atoms with E-state index < -0.39 is 0 Å². The van der Waals surface area contributed by atoms with Gasteiger partial charge in [0.1, 0.15) is 5.82 Å². The first-order valence-electron chi connectivity index (χ1n) is 10.5.